The van der Waals surface area contributed by atoms with Crippen molar-refractivity contribution in [3.05, 3.63) is 35.1 Å². The molecule has 132 valence electrons. The number of nitrogens with zero attached hydrogens (tertiary/aromatic N) is 1. The molecule has 0 aromatic heterocycles. The largest absolute Gasteiger partial charge is 0.408 e. The number of carbonyl (C=O) groups is 2. The van der Waals surface area contributed by atoms with Crippen LogP contribution in [0, 0.1) is 12.7 Å². The van der Waals surface area contributed by atoms with E-state index in [2.05, 4.69) is 5.32 Å². The number of benzene rings is 1. The summed E-state index contributed by atoms with van der Waals surface area (Å²) in [5.74, 6) is -1.72. The van der Waals surface area contributed by atoms with Gasteiger partial charge in [-0.15, -0.1) is 0 Å². The van der Waals surface area contributed by atoms with Crippen LogP contribution in [-0.4, -0.2) is 41.5 Å². The average molecular weight is 346 g/mol. The summed E-state index contributed by atoms with van der Waals surface area (Å²) in [7, 11) is 0. The van der Waals surface area contributed by atoms with Crippen molar-refractivity contribution in [3.8, 4) is 0 Å². The van der Waals surface area contributed by atoms with Crippen LogP contribution in [0.1, 0.15) is 35.7 Å². The first-order valence-electron chi connectivity index (χ1n) is 7.50. The van der Waals surface area contributed by atoms with Gasteiger partial charge in [-0.05, 0) is 43.5 Å². The molecule has 1 aromatic carbocycles. The van der Waals surface area contributed by atoms with Crippen LogP contribution in [0.5, 0.6) is 0 Å². The van der Waals surface area contributed by atoms with E-state index in [4.69, 9.17) is 0 Å². The second-order valence-corrected chi connectivity index (χ2v) is 5.95. The van der Waals surface area contributed by atoms with Crippen LogP contribution in [0.3, 0.4) is 0 Å². The fraction of sp³-hybridized carbons (Fsp3) is 0.500. The van der Waals surface area contributed by atoms with Crippen LogP contribution in [0.25, 0.3) is 0 Å². The van der Waals surface area contributed by atoms with Gasteiger partial charge in [-0.25, -0.2) is 4.39 Å². The topological polar surface area (TPSA) is 49.4 Å². The Kier molecular flexibility index (Phi) is 5.15. The van der Waals surface area contributed by atoms with Gasteiger partial charge in [-0.1, -0.05) is 0 Å². The highest BCUT2D eigenvalue weighted by Gasteiger charge is 2.48. The lowest BCUT2D eigenvalue weighted by atomic mass is 9.96. The quantitative estimate of drug-likeness (QED) is 0.837. The Morgan fingerprint density at radius 2 is 1.92 bits per heavy atom. The molecule has 1 N–H and O–H groups in total. The highest BCUT2D eigenvalue weighted by molar-refractivity contribution is 5.94. The summed E-state index contributed by atoms with van der Waals surface area (Å²) in [4.78, 5) is 24.4. The maximum Gasteiger partial charge on any atom is 0.408 e. The molecule has 0 radical (unpaired) electrons. The van der Waals surface area contributed by atoms with Gasteiger partial charge in [0.2, 0.25) is 5.91 Å². The maximum absolute atomic E-state index is 13.3. The van der Waals surface area contributed by atoms with Gasteiger partial charge in [0.15, 0.2) is 0 Å². The van der Waals surface area contributed by atoms with Crippen LogP contribution in [-0.2, 0) is 4.79 Å². The molecule has 1 aliphatic rings. The molecule has 0 aliphatic carbocycles. The van der Waals surface area contributed by atoms with Crippen molar-refractivity contribution in [1.29, 1.82) is 0 Å². The Morgan fingerprint density at radius 3 is 2.46 bits per heavy atom. The third-order valence-electron chi connectivity index (χ3n) is 4.03. The molecule has 1 saturated heterocycles. The van der Waals surface area contributed by atoms with Crippen molar-refractivity contribution < 1.29 is 27.2 Å². The zero-order valence-corrected chi connectivity index (χ0v) is 13.3. The molecule has 2 rings (SSSR count). The van der Waals surface area contributed by atoms with Crippen molar-refractivity contribution in [2.24, 2.45) is 0 Å². The highest BCUT2D eigenvalue weighted by atomic mass is 19.4. The van der Waals surface area contributed by atoms with E-state index in [9.17, 15) is 27.2 Å². The lowest BCUT2D eigenvalue weighted by Crippen LogP contribution is -2.58. The minimum absolute atomic E-state index is 0.00775. The normalized spacial score (nSPS) is 21.5. The number of nitrogens with one attached hydrogen (secondary N) is 1. The van der Waals surface area contributed by atoms with Crippen LogP contribution >= 0.6 is 0 Å². The molecule has 0 saturated carbocycles. The van der Waals surface area contributed by atoms with E-state index < -0.39 is 30.0 Å². The van der Waals surface area contributed by atoms with Crippen LogP contribution < -0.4 is 5.32 Å². The molecule has 2 amide bonds. The predicted octanol–water partition coefficient (Wildman–Crippen LogP) is 2.81. The van der Waals surface area contributed by atoms with Gasteiger partial charge < -0.3 is 10.2 Å². The van der Waals surface area contributed by atoms with Gasteiger partial charge in [-0.2, -0.15) is 13.2 Å². The second kappa shape index (κ2) is 6.78. The summed E-state index contributed by atoms with van der Waals surface area (Å²) in [6.45, 7) is 2.47. The summed E-state index contributed by atoms with van der Waals surface area (Å²) in [5.41, 5.74) is 0.173. The molecule has 1 fully saturated rings. The van der Waals surface area contributed by atoms with E-state index >= 15 is 0 Å². The summed E-state index contributed by atoms with van der Waals surface area (Å²) in [6, 6.07) is 1.00. The number of hydrogen-bond acceptors (Lipinski definition) is 2. The van der Waals surface area contributed by atoms with Gasteiger partial charge in [0, 0.05) is 25.1 Å². The Labute approximate surface area is 136 Å². The first-order valence-corrected chi connectivity index (χ1v) is 7.50. The maximum atomic E-state index is 13.3. The second-order valence-electron chi connectivity index (χ2n) is 5.95. The highest BCUT2D eigenvalue weighted by Crippen LogP contribution is 2.33. The number of alkyl halides is 3. The van der Waals surface area contributed by atoms with Gasteiger partial charge in [-0.3, -0.25) is 9.59 Å². The molecule has 1 aromatic rings. The van der Waals surface area contributed by atoms with Gasteiger partial charge in [0.05, 0.1) is 0 Å². The van der Waals surface area contributed by atoms with Gasteiger partial charge in [0.1, 0.15) is 11.9 Å². The molecule has 8 heteroatoms. The van der Waals surface area contributed by atoms with E-state index in [1.165, 1.54) is 26.0 Å². The molecule has 1 aliphatic heterocycles. The van der Waals surface area contributed by atoms with Crippen molar-refractivity contribution in [3.63, 3.8) is 0 Å². The first-order chi connectivity index (χ1) is 11.1. The fourth-order valence-electron chi connectivity index (χ4n) is 2.88. The third-order valence-corrected chi connectivity index (χ3v) is 4.03. The lowest BCUT2D eigenvalue weighted by Gasteiger charge is -2.40. The summed E-state index contributed by atoms with van der Waals surface area (Å²) in [5, 5.41) is 2.55. The summed E-state index contributed by atoms with van der Waals surface area (Å²) >= 11 is 0. The van der Waals surface area contributed by atoms with Crippen LogP contribution in [0.4, 0.5) is 17.6 Å². The van der Waals surface area contributed by atoms with Crippen molar-refractivity contribution in [1.82, 2.24) is 10.2 Å². The Bertz CT molecular complexity index is 645. The van der Waals surface area contributed by atoms with E-state index in [1.807, 2.05) is 0 Å². The molecular formula is C16H18F4N2O2. The van der Waals surface area contributed by atoms with E-state index in [0.29, 0.717) is 0 Å². The number of rotatable bonds is 2. The van der Waals surface area contributed by atoms with Gasteiger partial charge in [0.25, 0.3) is 5.91 Å². The molecule has 4 nitrogen and oxygen atoms in total. The minimum atomic E-state index is -4.56. The lowest BCUT2D eigenvalue weighted by molar-refractivity contribution is -0.184. The standard InChI is InChI=1S/C16H18F4N2O2/c1-9-7-11(3-5-13(9)17)15(24)22-8-12(21-10(2)23)4-6-14(22)16(18,19)20/h3,5,7,12,14H,4,6,8H2,1-2H3,(H,21,23)/t12-,14+/m1/s1. The van der Waals surface area contributed by atoms with Crippen molar-refractivity contribution in [2.45, 2.75) is 44.9 Å². The molecule has 1 heterocycles. The van der Waals surface area contributed by atoms with E-state index in [0.717, 1.165) is 11.0 Å². The number of piperidine rings is 1. The molecule has 0 spiro atoms. The zero-order chi connectivity index (χ0) is 18.1. The number of hydrogen-bond donors (Lipinski definition) is 1. The Morgan fingerprint density at radius 1 is 1.25 bits per heavy atom. The number of aryl methyl sites for hydroxylation is 1. The number of amides is 2. The van der Waals surface area contributed by atoms with Crippen LogP contribution in [0.2, 0.25) is 0 Å². The first kappa shape index (κ1) is 18.2. The molecule has 0 unspecified atom stereocenters. The number of likely N-dealkylation sites (tertiary alicyclic amines) is 1. The minimum Gasteiger partial charge on any atom is -0.352 e. The summed E-state index contributed by atoms with van der Waals surface area (Å²) in [6.07, 6.45) is -4.72. The average Bonchev–Trinajstić information content (AvgIpc) is 2.47. The van der Waals surface area contributed by atoms with Crippen molar-refractivity contribution >= 4 is 11.8 Å². The Balaban J connectivity index is 2.29. The molecule has 2 atom stereocenters. The van der Waals surface area contributed by atoms with E-state index in [-0.39, 0.29) is 36.4 Å². The third kappa shape index (κ3) is 4.04. The number of halogens is 4. The summed E-state index contributed by atoms with van der Waals surface area (Å²) < 4.78 is 53.1. The monoisotopic (exact) mass is 346 g/mol. The predicted molar refractivity (Wildman–Crippen MR) is 78.9 cm³/mol. The van der Waals surface area contributed by atoms with E-state index in [1.54, 1.807) is 0 Å². The number of carbonyl (C=O) groups excluding carboxylic acids is 2. The molecule has 24 heavy (non-hydrogen) atoms. The molecular weight excluding hydrogens is 328 g/mol. The van der Waals surface area contributed by atoms with Crippen molar-refractivity contribution in [2.75, 3.05) is 6.54 Å². The SMILES string of the molecule is CC(=O)N[C@@H]1CC[C@@H](C(F)(F)F)N(C(=O)c2ccc(F)c(C)c2)C1. The smallest absolute Gasteiger partial charge is 0.352 e. The molecule has 0 bridgehead atoms. The fourth-order valence-corrected chi connectivity index (χ4v) is 2.88. The van der Waals surface area contributed by atoms with Crippen LogP contribution in [0.15, 0.2) is 18.2 Å². The van der Waals surface area contributed by atoms with Gasteiger partial charge >= 0.3 is 6.18 Å². The Hall–Kier alpha value is -2.12. The zero-order valence-electron chi connectivity index (χ0n) is 13.3.